The fourth-order valence-corrected chi connectivity index (χ4v) is 3.26. The zero-order valence-electron chi connectivity index (χ0n) is 13.1. The Morgan fingerprint density at radius 2 is 1.52 bits per heavy atom. The third-order valence-electron chi connectivity index (χ3n) is 3.84. The molecule has 128 valence electrons. The molecular weight excluding hydrogens is 363 g/mol. The Kier molecular flexibility index (Phi) is 5.06. The second-order valence-electron chi connectivity index (χ2n) is 5.62. The van der Waals surface area contributed by atoms with E-state index in [1.165, 1.54) is 0 Å². The van der Waals surface area contributed by atoms with Crippen LogP contribution in [0, 0.1) is 0 Å². The first-order valence-corrected chi connectivity index (χ1v) is 8.38. The van der Waals surface area contributed by atoms with Crippen LogP contribution >= 0.6 is 23.2 Å². The number of nitrogens with zero attached hydrogens (tertiary/aromatic N) is 1. The highest BCUT2D eigenvalue weighted by Gasteiger charge is 2.36. The molecule has 0 aliphatic carbocycles. The van der Waals surface area contributed by atoms with Gasteiger partial charge in [-0.1, -0.05) is 35.3 Å². The number of carbonyl (C=O) groups is 3. The molecule has 5 nitrogen and oxygen atoms in total. The Bertz CT molecular complexity index is 812. The lowest BCUT2D eigenvalue weighted by Gasteiger charge is -2.13. The molecule has 25 heavy (non-hydrogen) atoms. The maximum absolute atomic E-state index is 12.2. The number of carbonyl (C=O) groups excluding carboxylic acids is 3. The molecule has 0 bridgehead atoms. The van der Waals surface area contributed by atoms with Gasteiger partial charge in [-0.25, -0.2) is 0 Å². The minimum atomic E-state index is -0.447. The Labute approximate surface area is 154 Å². The second-order valence-corrected chi connectivity index (χ2v) is 6.49. The van der Waals surface area contributed by atoms with Crippen molar-refractivity contribution in [2.75, 3.05) is 13.1 Å². The van der Waals surface area contributed by atoms with Gasteiger partial charge in [0.2, 0.25) is 5.91 Å². The normalized spacial score (nSPS) is 13.1. The van der Waals surface area contributed by atoms with Gasteiger partial charge in [0, 0.05) is 16.6 Å². The van der Waals surface area contributed by atoms with Crippen LogP contribution in [0.15, 0.2) is 42.5 Å². The van der Waals surface area contributed by atoms with Gasteiger partial charge in [-0.2, -0.15) is 0 Å². The maximum atomic E-state index is 12.2. The van der Waals surface area contributed by atoms with Crippen molar-refractivity contribution < 1.29 is 14.4 Å². The van der Waals surface area contributed by atoms with Gasteiger partial charge in [0.1, 0.15) is 6.54 Å². The summed E-state index contributed by atoms with van der Waals surface area (Å²) < 4.78 is 0. The molecular formula is C18H14Cl2N2O3. The minimum Gasteiger partial charge on any atom is -0.354 e. The van der Waals surface area contributed by atoms with E-state index in [4.69, 9.17) is 23.2 Å². The summed E-state index contributed by atoms with van der Waals surface area (Å²) in [4.78, 5) is 37.4. The molecule has 0 saturated carbocycles. The molecule has 3 rings (SSSR count). The highest BCUT2D eigenvalue weighted by Crippen LogP contribution is 2.22. The topological polar surface area (TPSA) is 66.5 Å². The molecule has 0 fully saturated rings. The minimum absolute atomic E-state index is 0.303. The summed E-state index contributed by atoms with van der Waals surface area (Å²) in [5.74, 6) is -1.29. The van der Waals surface area contributed by atoms with Gasteiger partial charge in [-0.15, -0.1) is 0 Å². The first-order chi connectivity index (χ1) is 12.0. The van der Waals surface area contributed by atoms with Gasteiger partial charge in [0.15, 0.2) is 0 Å². The Morgan fingerprint density at radius 1 is 0.960 bits per heavy atom. The predicted molar refractivity (Wildman–Crippen MR) is 95.0 cm³/mol. The monoisotopic (exact) mass is 376 g/mol. The quantitative estimate of drug-likeness (QED) is 0.815. The molecule has 1 N–H and O–H groups in total. The Hall–Kier alpha value is -2.37. The highest BCUT2D eigenvalue weighted by molar-refractivity contribution is 6.34. The van der Waals surface area contributed by atoms with E-state index in [1.807, 2.05) is 0 Å². The van der Waals surface area contributed by atoms with E-state index in [2.05, 4.69) is 5.32 Å². The van der Waals surface area contributed by atoms with E-state index < -0.39 is 17.7 Å². The summed E-state index contributed by atoms with van der Waals surface area (Å²) in [7, 11) is 0. The van der Waals surface area contributed by atoms with Crippen LogP contribution < -0.4 is 5.32 Å². The second kappa shape index (κ2) is 7.25. The average Bonchev–Trinajstić information content (AvgIpc) is 2.79. The molecule has 1 aliphatic rings. The standard InChI is InChI=1S/C18H14Cl2N2O3/c19-12-7-11(8-13(20)9-12)5-6-21-16(23)10-22-17(24)14-3-1-2-4-15(14)18(22)25/h1-4,7-9H,5-6,10H2,(H,21,23). The lowest BCUT2D eigenvalue weighted by molar-refractivity contribution is -0.121. The lowest BCUT2D eigenvalue weighted by Crippen LogP contribution is -2.40. The average molecular weight is 377 g/mol. The molecule has 2 aromatic rings. The molecule has 0 unspecified atom stereocenters. The van der Waals surface area contributed by atoms with Crippen LogP contribution in [-0.4, -0.2) is 35.7 Å². The van der Waals surface area contributed by atoms with E-state index in [0.717, 1.165) is 10.5 Å². The SMILES string of the molecule is O=C(CN1C(=O)c2ccccc2C1=O)NCCc1cc(Cl)cc(Cl)c1. The van der Waals surface area contributed by atoms with Crippen LogP contribution in [0.1, 0.15) is 26.3 Å². The number of nitrogens with one attached hydrogen (secondary N) is 1. The number of imide groups is 1. The fourth-order valence-electron chi connectivity index (χ4n) is 2.68. The van der Waals surface area contributed by atoms with Crippen molar-refractivity contribution in [3.8, 4) is 0 Å². The zero-order chi connectivity index (χ0) is 18.0. The van der Waals surface area contributed by atoms with Gasteiger partial charge < -0.3 is 5.32 Å². The molecule has 3 amide bonds. The van der Waals surface area contributed by atoms with E-state index in [-0.39, 0.29) is 6.54 Å². The smallest absolute Gasteiger partial charge is 0.262 e. The number of rotatable bonds is 5. The van der Waals surface area contributed by atoms with Crippen LogP contribution in [0.4, 0.5) is 0 Å². The predicted octanol–water partition coefficient (Wildman–Crippen LogP) is 2.95. The number of hydrogen-bond donors (Lipinski definition) is 1. The number of amides is 3. The third-order valence-corrected chi connectivity index (χ3v) is 4.27. The van der Waals surface area contributed by atoms with Crippen molar-refractivity contribution >= 4 is 40.9 Å². The number of benzene rings is 2. The molecule has 2 aromatic carbocycles. The maximum Gasteiger partial charge on any atom is 0.262 e. The van der Waals surface area contributed by atoms with Crippen molar-refractivity contribution in [1.82, 2.24) is 10.2 Å². The van der Waals surface area contributed by atoms with Crippen LogP contribution in [0.25, 0.3) is 0 Å². The molecule has 0 aromatic heterocycles. The Balaban J connectivity index is 1.55. The fraction of sp³-hybridized carbons (Fsp3) is 0.167. The van der Waals surface area contributed by atoms with Crippen molar-refractivity contribution in [3.05, 3.63) is 69.2 Å². The summed E-state index contributed by atoms with van der Waals surface area (Å²) in [5.41, 5.74) is 1.54. The zero-order valence-corrected chi connectivity index (χ0v) is 14.6. The van der Waals surface area contributed by atoms with E-state index >= 15 is 0 Å². The number of hydrogen-bond acceptors (Lipinski definition) is 3. The highest BCUT2D eigenvalue weighted by atomic mass is 35.5. The lowest BCUT2D eigenvalue weighted by atomic mass is 10.1. The van der Waals surface area contributed by atoms with Crippen LogP contribution in [0.2, 0.25) is 10.0 Å². The van der Waals surface area contributed by atoms with Crippen LogP contribution in [0.5, 0.6) is 0 Å². The van der Waals surface area contributed by atoms with Crippen molar-refractivity contribution in [3.63, 3.8) is 0 Å². The molecule has 0 saturated heterocycles. The van der Waals surface area contributed by atoms with Gasteiger partial charge in [-0.05, 0) is 42.3 Å². The summed E-state index contributed by atoms with van der Waals surface area (Å²) in [6.07, 6.45) is 0.536. The first-order valence-electron chi connectivity index (χ1n) is 7.62. The Morgan fingerprint density at radius 3 is 2.08 bits per heavy atom. The van der Waals surface area contributed by atoms with Crippen molar-refractivity contribution in [1.29, 1.82) is 0 Å². The van der Waals surface area contributed by atoms with E-state index in [9.17, 15) is 14.4 Å². The van der Waals surface area contributed by atoms with Gasteiger partial charge in [0.25, 0.3) is 11.8 Å². The third kappa shape index (κ3) is 3.83. The summed E-state index contributed by atoms with van der Waals surface area (Å²) in [6.45, 7) is 0.0430. The van der Waals surface area contributed by atoms with Gasteiger partial charge in [0.05, 0.1) is 11.1 Å². The summed E-state index contributed by atoms with van der Waals surface area (Å²) in [6, 6.07) is 11.7. The molecule has 1 aliphatic heterocycles. The molecule has 0 spiro atoms. The van der Waals surface area contributed by atoms with Crippen LogP contribution in [0.3, 0.4) is 0 Å². The summed E-state index contributed by atoms with van der Waals surface area (Å²) >= 11 is 11.9. The first kappa shape index (κ1) is 17.5. The molecule has 0 radical (unpaired) electrons. The van der Waals surface area contributed by atoms with E-state index in [1.54, 1.807) is 42.5 Å². The van der Waals surface area contributed by atoms with Crippen molar-refractivity contribution in [2.45, 2.75) is 6.42 Å². The molecule has 0 atom stereocenters. The van der Waals surface area contributed by atoms with Crippen molar-refractivity contribution in [2.24, 2.45) is 0 Å². The number of halogens is 2. The van der Waals surface area contributed by atoms with Gasteiger partial charge in [-0.3, -0.25) is 19.3 Å². The number of fused-ring (bicyclic) bond motifs is 1. The van der Waals surface area contributed by atoms with Gasteiger partial charge >= 0.3 is 0 Å². The summed E-state index contributed by atoms with van der Waals surface area (Å²) in [5, 5.41) is 3.75. The molecule has 1 heterocycles. The van der Waals surface area contributed by atoms with E-state index in [0.29, 0.717) is 34.1 Å². The largest absolute Gasteiger partial charge is 0.354 e. The molecule has 7 heteroatoms. The van der Waals surface area contributed by atoms with Crippen LogP contribution in [-0.2, 0) is 11.2 Å².